The van der Waals surface area contributed by atoms with Crippen LogP contribution < -0.4 is 5.32 Å². The molecule has 1 saturated heterocycles. The highest BCUT2D eigenvalue weighted by atomic mass is 15.2. The molecule has 2 heteroatoms. The first-order chi connectivity index (χ1) is 6.18. The number of likely N-dealkylation sites (N-methyl/N-ethyl adjacent to an activating group) is 1. The van der Waals surface area contributed by atoms with Gasteiger partial charge in [0.15, 0.2) is 0 Å². The first-order valence-electron chi connectivity index (χ1n) is 5.65. The number of hydrogen-bond donors (Lipinski definition) is 1. The Morgan fingerprint density at radius 3 is 2.62 bits per heavy atom. The van der Waals surface area contributed by atoms with Gasteiger partial charge in [-0.15, -0.1) is 0 Å². The number of hydrogen-bond acceptors (Lipinski definition) is 2. The first-order valence-corrected chi connectivity index (χ1v) is 5.65. The maximum absolute atomic E-state index is 3.64. The number of nitrogens with zero attached hydrogens (tertiary/aromatic N) is 1. The Morgan fingerprint density at radius 1 is 1.46 bits per heavy atom. The third-order valence-corrected chi connectivity index (χ3v) is 3.75. The largest absolute Gasteiger partial charge is 0.312 e. The molecule has 0 bridgehead atoms. The van der Waals surface area contributed by atoms with Crippen LogP contribution in [0, 0.1) is 5.41 Å². The van der Waals surface area contributed by atoms with Gasteiger partial charge in [-0.1, -0.05) is 6.92 Å². The van der Waals surface area contributed by atoms with Gasteiger partial charge in [-0.05, 0) is 38.6 Å². The second-order valence-corrected chi connectivity index (χ2v) is 5.00. The summed E-state index contributed by atoms with van der Waals surface area (Å²) in [6.07, 6.45) is 2.90. The summed E-state index contributed by atoms with van der Waals surface area (Å²) in [5, 5.41) is 3.64. The summed E-state index contributed by atoms with van der Waals surface area (Å²) < 4.78 is 0. The van der Waals surface area contributed by atoms with E-state index in [0.29, 0.717) is 5.41 Å². The lowest BCUT2D eigenvalue weighted by molar-refractivity contribution is 0.260. The summed E-state index contributed by atoms with van der Waals surface area (Å²) in [6, 6.07) is 1.50. The number of nitrogens with one attached hydrogen (secondary N) is 1. The summed E-state index contributed by atoms with van der Waals surface area (Å²) in [5.41, 5.74) is 0.681. The van der Waals surface area contributed by atoms with E-state index in [2.05, 4.69) is 31.0 Å². The molecule has 0 unspecified atom stereocenters. The third-order valence-electron chi connectivity index (χ3n) is 3.75. The first kappa shape index (κ1) is 9.47. The van der Waals surface area contributed by atoms with E-state index in [9.17, 15) is 0 Å². The van der Waals surface area contributed by atoms with Crippen molar-refractivity contribution in [2.45, 2.75) is 45.7 Å². The average molecular weight is 182 g/mol. The fourth-order valence-corrected chi connectivity index (χ4v) is 2.60. The van der Waals surface area contributed by atoms with Crippen LogP contribution in [0.4, 0.5) is 0 Å². The van der Waals surface area contributed by atoms with Gasteiger partial charge >= 0.3 is 0 Å². The standard InChI is InChI=1S/C11H22N2/c1-4-12-10-7-13(9(2)3)8-11(10)5-6-11/h9-10,12H,4-8H2,1-3H3/t10-/m1/s1. The molecule has 2 aliphatic rings. The molecule has 0 aromatic carbocycles. The molecule has 1 spiro atoms. The monoisotopic (exact) mass is 182 g/mol. The summed E-state index contributed by atoms with van der Waals surface area (Å²) >= 11 is 0. The van der Waals surface area contributed by atoms with Gasteiger partial charge < -0.3 is 5.32 Å². The lowest BCUT2D eigenvalue weighted by Crippen LogP contribution is -2.37. The quantitative estimate of drug-likeness (QED) is 0.711. The fourth-order valence-electron chi connectivity index (χ4n) is 2.60. The highest BCUT2D eigenvalue weighted by molar-refractivity contribution is 5.10. The van der Waals surface area contributed by atoms with Gasteiger partial charge in [0.2, 0.25) is 0 Å². The molecule has 13 heavy (non-hydrogen) atoms. The molecular weight excluding hydrogens is 160 g/mol. The van der Waals surface area contributed by atoms with Gasteiger partial charge in [-0.2, -0.15) is 0 Å². The van der Waals surface area contributed by atoms with Crippen molar-refractivity contribution >= 4 is 0 Å². The third kappa shape index (κ3) is 1.62. The van der Waals surface area contributed by atoms with Crippen LogP contribution in [-0.4, -0.2) is 36.6 Å². The SMILES string of the molecule is CCN[C@@H]1CN(C(C)C)CC12CC2. The van der Waals surface area contributed by atoms with Crippen LogP contribution in [0.3, 0.4) is 0 Å². The maximum Gasteiger partial charge on any atom is 0.0263 e. The Morgan fingerprint density at radius 2 is 2.15 bits per heavy atom. The van der Waals surface area contributed by atoms with Crippen LogP contribution in [0.15, 0.2) is 0 Å². The lowest BCUT2D eigenvalue weighted by Gasteiger charge is -2.20. The Labute approximate surface area is 81.7 Å². The van der Waals surface area contributed by atoms with Crippen molar-refractivity contribution in [3.63, 3.8) is 0 Å². The molecule has 76 valence electrons. The van der Waals surface area contributed by atoms with Gasteiger partial charge in [0.1, 0.15) is 0 Å². The van der Waals surface area contributed by atoms with Crippen molar-refractivity contribution in [3.8, 4) is 0 Å². The summed E-state index contributed by atoms with van der Waals surface area (Å²) in [5.74, 6) is 0. The minimum Gasteiger partial charge on any atom is -0.312 e. The Kier molecular flexibility index (Phi) is 2.37. The zero-order chi connectivity index (χ0) is 9.47. The van der Waals surface area contributed by atoms with Crippen molar-refractivity contribution < 1.29 is 0 Å². The minimum absolute atomic E-state index is 0.681. The molecule has 0 aromatic heterocycles. The van der Waals surface area contributed by atoms with Crippen molar-refractivity contribution in [2.75, 3.05) is 19.6 Å². The van der Waals surface area contributed by atoms with E-state index < -0.39 is 0 Å². The zero-order valence-electron chi connectivity index (χ0n) is 9.14. The van der Waals surface area contributed by atoms with E-state index in [1.165, 1.54) is 25.9 Å². The van der Waals surface area contributed by atoms with Gasteiger partial charge in [0, 0.05) is 25.2 Å². The molecular formula is C11H22N2. The van der Waals surface area contributed by atoms with Crippen LogP contribution >= 0.6 is 0 Å². The van der Waals surface area contributed by atoms with Gasteiger partial charge in [-0.3, -0.25) is 4.90 Å². The zero-order valence-corrected chi connectivity index (χ0v) is 9.14. The van der Waals surface area contributed by atoms with Crippen LogP contribution in [0.2, 0.25) is 0 Å². The molecule has 1 heterocycles. The van der Waals surface area contributed by atoms with Crippen molar-refractivity contribution in [1.82, 2.24) is 10.2 Å². The Hall–Kier alpha value is -0.0800. The van der Waals surface area contributed by atoms with Crippen LogP contribution in [-0.2, 0) is 0 Å². The van der Waals surface area contributed by atoms with E-state index in [4.69, 9.17) is 0 Å². The smallest absolute Gasteiger partial charge is 0.0263 e. The predicted octanol–water partition coefficient (Wildman–Crippen LogP) is 1.47. The van der Waals surface area contributed by atoms with Gasteiger partial charge in [0.25, 0.3) is 0 Å². The molecule has 1 aliphatic carbocycles. The molecule has 1 aliphatic heterocycles. The maximum atomic E-state index is 3.64. The minimum atomic E-state index is 0.681. The average Bonchev–Trinajstić information content (AvgIpc) is 2.73. The Balaban J connectivity index is 1.97. The second kappa shape index (κ2) is 3.25. The molecule has 0 amide bonds. The van der Waals surface area contributed by atoms with Gasteiger partial charge in [0.05, 0.1) is 0 Å². The van der Waals surface area contributed by atoms with Crippen molar-refractivity contribution in [2.24, 2.45) is 5.41 Å². The normalized spacial score (nSPS) is 31.8. The fraction of sp³-hybridized carbons (Fsp3) is 1.00. The molecule has 1 saturated carbocycles. The second-order valence-electron chi connectivity index (χ2n) is 5.00. The number of likely N-dealkylation sites (tertiary alicyclic amines) is 1. The molecule has 0 aromatic rings. The molecule has 1 N–H and O–H groups in total. The van der Waals surface area contributed by atoms with E-state index >= 15 is 0 Å². The van der Waals surface area contributed by atoms with E-state index in [0.717, 1.165) is 18.6 Å². The highest BCUT2D eigenvalue weighted by Crippen LogP contribution is 2.53. The topological polar surface area (TPSA) is 15.3 Å². The molecule has 1 atom stereocenters. The lowest BCUT2D eigenvalue weighted by atomic mass is 10.0. The van der Waals surface area contributed by atoms with Crippen LogP contribution in [0.5, 0.6) is 0 Å². The predicted molar refractivity (Wildman–Crippen MR) is 55.8 cm³/mol. The van der Waals surface area contributed by atoms with E-state index in [1.54, 1.807) is 0 Å². The van der Waals surface area contributed by atoms with E-state index in [1.807, 2.05) is 0 Å². The number of rotatable bonds is 3. The molecule has 2 nitrogen and oxygen atoms in total. The Bertz CT molecular complexity index is 185. The van der Waals surface area contributed by atoms with Gasteiger partial charge in [-0.25, -0.2) is 0 Å². The molecule has 2 fully saturated rings. The summed E-state index contributed by atoms with van der Waals surface area (Å²) in [4.78, 5) is 2.63. The highest BCUT2D eigenvalue weighted by Gasteiger charge is 2.54. The molecule has 2 rings (SSSR count). The van der Waals surface area contributed by atoms with Crippen molar-refractivity contribution in [3.05, 3.63) is 0 Å². The van der Waals surface area contributed by atoms with Crippen LogP contribution in [0.1, 0.15) is 33.6 Å². The van der Waals surface area contributed by atoms with E-state index in [-0.39, 0.29) is 0 Å². The summed E-state index contributed by atoms with van der Waals surface area (Å²) in [6.45, 7) is 10.6. The molecule has 0 radical (unpaired) electrons. The van der Waals surface area contributed by atoms with Crippen LogP contribution in [0.25, 0.3) is 0 Å². The van der Waals surface area contributed by atoms with Crippen molar-refractivity contribution in [1.29, 1.82) is 0 Å². The summed E-state index contributed by atoms with van der Waals surface area (Å²) in [7, 11) is 0.